The molecule has 0 spiro atoms. The van der Waals surface area contributed by atoms with Crippen molar-refractivity contribution in [3.63, 3.8) is 0 Å². The van der Waals surface area contributed by atoms with Crippen molar-refractivity contribution in [2.75, 3.05) is 19.0 Å². The molecular weight excluding hydrogens is 309 g/mol. The monoisotopic (exact) mass is 329 g/mol. The quantitative estimate of drug-likeness (QED) is 0.632. The molecule has 2 rings (SSSR count). The number of hydrogen-bond donors (Lipinski definition) is 2. The van der Waals surface area contributed by atoms with Crippen LogP contribution < -0.4 is 15.5 Å². The third kappa shape index (κ3) is 4.81. The highest BCUT2D eigenvalue weighted by Crippen LogP contribution is 2.17. The van der Waals surface area contributed by atoms with Crippen molar-refractivity contribution >= 4 is 17.8 Å². The molecule has 0 atom stereocenters. The molecule has 2 aromatic rings. The zero-order valence-corrected chi connectivity index (χ0v) is 13.9. The Morgan fingerprint density at radius 2 is 2.04 bits per heavy atom. The molecule has 6 heteroatoms. The number of benzene rings is 2. The molecule has 0 aliphatic rings. The minimum absolute atomic E-state index is 0.0955. The number of anilines is 1. The van der Waals surface area contributed by atoms with Crippen LogP contribution in [0.1, 0.15) is 16.7 Å². The van der Waals surface area contributed by atoms with E-state index < -0.39 is 5.82 Å². The average Bonchev–Trinajstić information content (AvgIpc) is 2.54. The van der Waals surface area contributed by atoms with Crippen LogP contribution in [0.25, 0.3) is 0 Å². The molecule has 0 bridgehead atoms. The van der Waals surface area contributed by atoms with E-state index in [-0.39, 0.29) is 18.2 Å². The van der Waals surface area contributed by atoms with E-state index in [1.807, 2.05) is 32.0 Å². The lowest BCUT2D eigenvalue weighted by atomic mass is 10.1. The minimum Gasteiger partial charge on any atom is -0.494 e. The molecule has 24 heavy (non-hydrogen) atoms. The van der Waals surface area contributed by atoms with Crippen LogP contribution in [0.4, 0.5) is 10.1 Å². The van der Waals surface area contributed by atoms with Crippen LogP contribution >= 0.6 is 0 Å². The first-order valence-corrected chi connectivity index (χ1v) is 7.46. The summed E-state index contributed by atoms with van der Waals surface area (Å²) in [4.78, 5) is 11.8. The molecule has 126 valence electrons. The highest BCUT2D eigenvalue weighted by molar-refractivity contribution is 5.84. The topological polar surface area (TPSA) is 62.7 Å². The summed E-state index contributed by atoms with van der Waals surface area (Å²) in [5.41, 5.74) is 6.05. The van der Waals surface area contributed by atoms with Gasteiger partial charge in [-0.2, -0.15) is 5.10 Å². The Bertz CT molecular complexity index is 760. The van der Waals surface area contributed by atoms with Gasteiger partial charge >= 0.3 is 0 Å². The van der Waals surface area contributed by atoms with Crippen LogP contribution in [-0.4, -0.2) is 25.8 Å². The van der Waals surface area contributed by atoms with Crippen molar-refractivity contribution in [1.82, 2.24) is 5.43 Å². The maximum absolute atomic E-state index is 13.5. The Kier molecular flexibility index (Phi) is 5.89. The van der Waals surface area contributed by atoms with E-state index in [9.17, 15) is 9.18 Å². The number of nitrogens with zero attached hydrogens (tertiary/aromatic N) is 1. The molecule has 0 saturated carbocycles. The fourth-order valence-electron chi connectivity index (χ4n) is 2.17. The lowest BCUT2D eigenvalue weighted by Gasteiger charge is -2.09. The highest BCUT2D eigenvalue weighted by Gasteiger charge is 2.03. The van der Waals surface area contributed by atoms with E-state index in [1.54, 1.807) is 6.07 Å². The van der Waals surface area contributed by atoms with Crippen LogP contribution in [0.2, 0.25) is 0 Å². The fourth-order valence-corrected chi connectivity index (χ4v) is 2.17. The average molecular weight is 329 g/mol. The van der Waals surface area contributed by atoms with Gasteiger partial charge in [-0.15, -0.1) is 0 Å². The van der Waals surface area contributed by atoms with Crippen LogP contribution in [0, 0.1) is 19.7 Å². The zero-order valence-electron chi connectivity index (χ0n) is 13.9. The Hall–Kier alpha value is -2.89. The Morgan fingerprint density at radius 1 is 1.25 bits per heavy atom. The smallest absolute Gasteiger partial charge is 0.259 e. The molecule has 2 N–H and O–H groups in total. The molecule has 0 fully saturated rings. The number of nitrogens with one attached hydrogen (secondary N) is 2. The van der Waals surface area contributed by atoms with Crippen LogP contribution in [-0.2, 0) is 4.79 Å². The van der Waals surface area contributed by atoms with E-state index >= 15 is 0 Å². The maximum Gasteiger partial charge on any atom is 0.259 e. The van der Waals surface area contributed by atoms with E-state index in [0.29, 0.717) is 5.56 Å². The van der Waals surface area contributed by atoms with Crippen molar-refractivity contribution in [2.24, 2.45) is 5.10 Å². The normalized spacial score (nSPS) is 10.7. The number of aryl methyl sites for hydroxylation is 2. The third-order valence-electron chi connectivity index (χ3n) is 3.40. The van der Waals surface area contributed by atoms with Crippen LogP contribution in [0.3, 0.4) is 0 Å². The van der Waals surface area contributed by atoms with Gasteiger partial charge in [0.25, 0.3) is 5.91 Å². The fraction of sp³-hybridized carbons (Fsp3) is 0.222. The number of carbonyl (C=O) groups is 1. The summed E-state index contributed by atoms with van der Waals surface area (Å²) in [5.74, 6) is -0.613. The molecule has 0 aromatic heterocycles. The van der Waals surface area contributed by atoms with Gasteiger partial charge in [0, 0.05) is 5.69 Å². The first kappa shape index (κ1) is 17.5. The second-order valence-electron chi connectivity index (χ2n) is 5.36. The van der Waals surface area contributed by atoms with Gasteiger partial charge in [0.05, 0.1) is 19.9 Å². The van der Waals surface area contributed by atoms with Crippen LogP contribution in [0.5, 0.6) is 5.75 Å². The molecule has 0 aliphatic heterocycles. The SMILES string of the molecule is COc1ccc(/C=N\NC(=O)CNc2ccc(C)cc2C)cc1F. The van der Waals surface area contributed by atoms with Gasteiger partial charge in [-0.25, -0.2) is 9.82 Å². The molecule has 0 radical (unpaired) electrons. The molecule has 0 unspecified atom stereocenters. The summed E-state index contributed by atoms with van der Waals surface area (Å²) in [6.07, 6.45) is 1.37. The van der Waals surface area contributed by atoms with E-state index in [2.05, 4.69) is 15.8 Å². The van der Waals surface area contributed by atoms with Crippen molar-refractivity contribution in [3.05, 3.63) is 58.9 Å². The number of hydrogen-bond acceptors (Lipinski definition) is 4. The van der Waals surface area contributed by atoms with E-state index in [4.69, 9.17) is 4.74 Å². The first-order valence-electron chi connectivity index (χ1n) is 7.46. The molecule has 0 saturated heterocycles. The van der Waals surface area contributed by atoms with Gasteiger partial charge in [0.15, 0.2) is 11.6 Å². The number of ether oxygens (including phenoxy) is 1. The molecule has 1 amide bonds. The summed E-state index contributed by atoms with van der Waals surface area (Å²) < 4.78 is 18.4. The number of methoxy groups -OCH3 is 1. The maximum atomic E-state index is 13.5. The van der Waals surface area contributed by atoms with Crippen molar-refractivity contribution in [1.29, 1.82) is 0 Å². The molecule has 0 heterocycles. The highest BCUT2D eigenvalue weighted by atomic mass is 19.1. The van der Waals surface area contributed by atoms with Gasteiger partial charge < -0.3 is 10.1 Å². The Labute approximate surface area is 140 Å². The Morgan fingerprint density at radius 3 is 2.71 bits per heavy atom. The zero-order chi connectivity index (χ0) is 17.5. The van der Waals surface area contributed by atoms with Crippen molar-refractivity contribution in [3.8, 4) is 5.75 Å². The predicted octanol–water partition coefficient (Wildman–Crippen LogP) is 3.01. The second kappa shape index (κ2) is 8.10. The van der Waals surface area contributed by atoms with E-state index in [1.165, 1.54) is 31.0 Å². The number of rotatable bonds is 6. The minimum atomic E-state index is -0.482. The van der Waals surface area contributed by atoms with Crippen LogP contribution in [0.15, 0.2) is 41.5 Å². The standard InChI is InChI=1S/C18H20FN3O2/c1-12-4-6-16(13(2)8-12)20-11-18(23)22-21-10-14-5-7-17(24-3)15(19)9-14/h4-10,20H,11H2,1-3H3,(H,22,23)/b21-10-. The number of hydrazone groups is 1. The van der Waals surface area contributed by atoms with Crippen molar-refractivity contribution < 1.29 is 13.9 Å². The largest absolute Gasteiger partial charge is 0.494 e. The van der Waals surface area contributed by atoms with Gasteiger partial charge in [-0.3, -0.25) is 4.79 Å². The number of amides is 1. The predicted molar refractivity (Wildman–Crippen MR) is 93.1 cm³/mol. The number of carbonyl (C=O) groups excluding carboxylic acids is 1. The Balaban J connectivity index is 1.85. The van der Waals surface area contributed by atoms with Gasteiger partial charge in [0.2, 0.25) is 0 Å². The third-order valence-corrected chi connectivity index (χ3v) is 3.40. The molecule has 2 aromatic carbocycles. The number of halogens is 1. The summed E-state index contributed by atoms with van der Waals surface area (Å²) >= 11 is 0. The summed E-state index contributed by atoms with van der Waals surface area (Å²) in [6, 6.07) is 10.4. The van der Waals surface area contributed by atoms with Crippen molar-refractivity contribution in [2.45, 2.75) is 13.8 Å². The summed E-state index contributed by atoms with van der Waals surface area (Å²) in [7, 11) is 1.40. The molecular formula is C18H20FN3O2. The lowest BCUT2D eigenvalue weighted by molar-refractivity contribution is -0.119. The first-order chi connectivity index (χ1) is 11.5. The molecule has 5 nitrogen and oxygen atoms in total. The second-order valence-corrected chi connectivity index (χ2v) is 5.36. The van der Waals surface area contributed by atoms with Gasteiger partial charge in [-0.1, -0.05) is 17.7 Å². The van der Waals surface area contributed by atoms with Gasteiger partial charge in [-0.05, 0) is 49.2 Å². The molecule has 0 aliphatic carbocycles. The lowest BCUT2D eigenvalue weighted by Crippen LogP contribution is -2.26. The van der Waals surface area contributed by atoms with Gasteiger partial charge in [0.1, 0.15) is 0 Å². The summed E-state index contributed by atoms with van der Waals surface area (Å²) in [6.45, 7) is 4.09. The summed E-state index contributed by atoms with van der Waals surface area (Å²) in [5, 5.41) is 6.87. The van der Waals surface area contributed by atoms with E-state index in [0.717, 1.165) is 11.3 Å².